The molecule has 0 aromatic carbocycles. The van der Waals surface area contributed by atoms with Crippen molar-refractivity contribution in [2.45, 2.75) is 97.5 Å². The zero-order valence-corrected chi connectivity index (χ0v) is 16.8. The van der Waals surface area contributed by atoms with Crippen molar-refractivity contribution in [1.29, 1.82) is 0 Å². The monoisotopic (exact) mass is 346 g/mol. The molecular formula is C23H38O2. The highest BCUT2D eigenvalue weighted by Gasteiger charge is 2.65. The fourth-order valence-electron chi connectivity index (χ4n) is 8.21. The first kappa shape index (κ1) is 18.0. The molecule has 0 aromatic rings. The Morgan fingerprint density at radius 2 is 1.64 bits per heavy atom. The fourth-order valence-corrected chi connectivity index (χ4v) is 8.21. The molecule has 2 heteroatoms. The van der Waals surface area contributed by atoms with Crippen LogP contribution in [0.1, 0.15) is 91.9 Å². The smallest absolute Gasteiger partial charge is 0.133 e. The van der Waals surface area contributed by atoms with E-state index in [0.717, 1.165) is 19.3 Å². The van der Waals surface area contributed by atoms with Gasteiger partial charge >= 0.3 is 0 Å². The first-order chi connectivity index (χ1) is 11.7. The molecule has 25 heavy (non-hydrogen) atoms. The Labute approximate surface area is 154 Å². The minimum atomic E-state index is -0.602. The summed E-state index contributed by atoms with van der Waals surface area (Å²) < 4.78 is 0. The Balaban J connectivity index is 1.86. The van der Waals surface area contributed by atoms with E-state index >= 15 is 0 Å². The number of hydrogen-bond donors (Lipinski definition) is 1. The molecule has 0 aliphatic heterocycles. The minimum Gasteiger partial charge on any atom is -0.390 e. The normalized spacial score (nSPS) is 55.6. The van der Waals surface area contributed by atoms with Crippen molar-refractivity contribution in [2.75, 3.05) is 0 Å². The summed E-state index contributed by atoms with van der Waals surface area (Å²) in [4.78, 5) is 12.8. The second-order valence-corrected chi connectivity index (χ2v) is 10.9. The van der Waals surface area contributed by atoms with E-state index in [0.29, 0.717) is 34.9 Å². The van der Waals surface area contributed by atoms with E-state index in [1.807, 2.05) is 6.92 Å². The number of ketones is 1. The van der Waals surface area contributed by atoms with Crippen LogP contribution in [0, 0.1) is 40.4 Å². The van der Waals surface area contributed by atoms with E-state index in [1.54, 1.807) is 0 Å². The predicted molar refractivity (Wildman–Crippen MR) is 101 cm³/mol. The highest BCUT2D eigenvalue weighted by atomic mass is 16.3. The number of hydrogen-bond acceptors (Lipinski definition) is 2. The molecule has 4 fully saturated rings. The predicted octanol–water partition coefficient (Wildman–Crippen LogP) is 5.38. The van der Waals surface area contributed by atoms with Gasteiger partial charge in [0.25, 0.3) is 0 Å². The van der Waals surface area contributed by atoms with Crippen molar-refractivity contribution >= 4 is 5.78 Å². The van der Waals surface area contributed by atoms with Crippen LogP contribution in [0.3, 0.4) is 0 Å². The lowest BCUT2D eigenvalue weighted by Crippen LogP contribution is -2.57. The largest absolute Gasteiger partial charge is 0.390 e. The molecule has 0 bridgehead atoms. The van der Waals surface area contributed by atoms with Crippen molar-refractivity contribution in [3.05, 3.63) is 0 Å². The third-order valence-electron chi connectivity index (χ3n) is 9.77. The minimum absolute atomic E-state index is 0.177. The summed E-state index contributed by atoms with van der Waals surface area (Å²) in [5, 5.41) is 11.7. The van der Waals surface area contributed by atoms with Gasteiger partial charge in [0.1, 0.15) is 5.78 Å². The summed E-state index contributed by atoms with van der Waals surface area (Å²) >= 11 is 0. The number of rotatable bonds is 1. The second kappa shape index (κ2) is 5.81. The Kier molecular flexibility index (Phi) is 4.19. The average Bonchev–Trinajstić information content (AvgIpc) is 2.84. The lowest BCUT2D eigenvalue weighted by atomic mass is 9.46. The van der Waals surface area contributed by atoms with E-state index in [2.05, 4.69) is 20.8 Å². The molecule has 4 saturated carbocycles. The maximum Gasteiger partial charge on any atom is 0.133 e. The molecular weight excluding hydrogens is 308 g/mol. The number of fused-ring (bicyclic) bond motifs is 5. The molecule has 0 heterocycles. The van der Waals surface area contributed by atoms with Crippen molar-refractivity contribution in [3.63, 3.8) is 0 Å². The molecule has 0 spiro atoms. The molecule has 8 atom stereocenters. The lowest BCUT2D eigenvalue weighted by Gasteiger charge is -2.58. The Morgan fingerprint density at radius 1 is 0.920 bits per heavy atom. The van der Waals surface area contributed by atoms with Crippen LogP contribution in [-0.4, -0.2) is 16.5 Å². The zero-order valence-electron chi connectivity index (χ0n) is 16.8. The van der Waals surface area contributed by atoms with Gasteiger partial charge in [-0.3, -0.25) is 4.79 Å². The van der Waals surface area contributed by atoms with Gasteiger partial charge in [-0.15, -0.1) is 0 Å². The van der Waals surface area contributed by atoms with Crippen LogP contribution >= 0.6 is 0 Å². The molecule has 0 radical (unpaired) electrons. The van der Waals surface area contributed by atoms with Crippen molar-refractivity contribution < 1.29 is 9.90 Å². The maximum atomic E-state index is 12.8. The van der Waals surface area contributed by atoms with Crippen LogP contribution in [0.25, 0.3) is 0 Å². The van der Waals surface area contributed by atoms with E-state index in [1.165, 1.54) is 44.9 Å². The molecule has 142 valence electrons. The molecule has 4 rings (SSSR count). The molecule has 0 aromatic heterocycles. The van der Waals surface area contributed by atoms with Crippen LogP contribution < -0.4 is 0 Å². The van der Waals surface area contributed by atoms with Gasteiger partial charge in [0.05, 0.1) is 5.60 Å². The molecule has 0 unspecified atom stereocenters. The third kappa shape index (κ3) is 2.49. The van der Waals surface area contributed by atoms with Crippen LogP contribution in [0.15, 0.2) is 0 Å². The van der Waals surface area contributed by atoms with Gasteiger partial charge in [-0.05, 0) is 86.9 Å². The van der Waals surface area contributed by atoms with Gasteiger partial charge in [0.15, 0.2) is 0 Å². The fraction of sp³-hybridized carbons (Fsp3) is 0.957. The van der Waals surface area contributed by atoms with Crippen molar-refractivity contribution in [3.8, 4) is 0 Å². The van der Waals surface area contributed by atoms with Crippen molar-refractivity contribution in [2.24, 2.45) is 40.4 Å². The molecule has 0 saturated heterocycles. The number of carbonyl (C=O) groups excluding carboxylic acids is 1. The second-order valence-electron chi connectivity index (χ2n) is 10.9. The van der Waals surface area contributed by atoms with Crippen LogP contribution in [-0.2, 0) is 4.79 Å². The molecule has 1 N–H and O–H groups in total. The van der Waals surface area contributed by atoms with Gasteiger partial charge in [0.2, 0.25) is 0 Å². The summed E-state index contributed by atoms with van der Waals surface area (Å²) in [6, 6.07) is 0. The van der Waals surface area contributed by atoms with E-state index in [-0.39, 0.29) is 11.3 Å². The van der Waals surface area contributed by atoms with Gasteiger partial charge in [0, 0.05) is 5.92 Å². The number of carbonyl (C=O) groups is 1. The molecule has 4 aliphatic rings. The van der Waals surface area contributed by atoms with E-state index in [9.17, 15) is 9.90 Å². The molecule has 0 amide bonds. The summed E-state index contributed by atoms with van der Waals surface area (Å²) in [6.45, 7) is 8.92. The first-order valence-electron chi connectivity index (χ1n) is 10.9. The van der Waals surface area contributed by atoms with E-state index in [4.69, 9.17) is 0 Å². The Hall–Kier alpha value is -0.370. The lowest BCUT2D eigenvalue weighted by molar-refractivity contribution is -0.159. The zero-order chi connectivity index (χ0) is 18.0. The van der Waals surface area contributed by atoms with Gasteiger partial charge in [-0.2, -0.15) is 0 Å². The first-order valence-corrected chi connectivity index (χ1v) is 10.9. The van der Waals surface area contributed by atoms with Crippen LogP contribution in [0.5, 0.6) is 0 Å². The topological polar surface area (TPSA) is 37.3 Å². The number of aliphatic hydroxyl groups is 1. The van der Waals surface area contributed by atoms with Crippen LogP contribution in [0.2, 0.25) is 0 Å². The van der Waals surface area contributed by atoms with Gasteiger partial charge in [-0.25, -0.2) is 0 Å². The third-order valence-corrected chi connectivity index (χ3v) is 9.77. The van der Waals surface area contributed by atoms with Crippen molar-refractivity contribution in [1.82, 2.24) is 0 Å². The van der Waals surface area contributed by atoms with Crippen LogP contribution in [0.4, 0.5) is 0 Å². The quantitative estimate of drug-likeness (QED) is 0.692. The summed E-state index contributed by atoms with van der Waals surface area (Å²) in [6.07, 6.45) is 12.2. The highest BCUT2D eigenvalue weighted by molar-refractivity contribution is 5.79. The van der Waals surface area contributed by atoms with E-state index < -0.39 is 5.60 Å². The molecule has 2 nitrogen and oxygen atoms in total. The SMILES string of the molecule is CC(=O)[C@H]1C[C@@H]2CCCC[C@@H]2[C@H]2[C@@H]1[C@]1(C)CCC[C@@]1(C)CC[C@@]2(C)O. The average molecular weight is 347 g/mol. The highest BCUT2D eigenvalue weighted by Crippen LogP contribution is 2.69. The van der Waals surface area contributed by atoms with Gasteiger partial charge in [-0.1, -0.05) is 39.5 Å². The Morgan fingerprint density at radius 3 is 2.36 bits per heavy atom. The number of Topliss-reactive ketones (excluding diaryl/α,β-unsaturated/α-hetero) is 1. The maximum absolute atomic E-state index is 12.8. The van der Waals surface area contributed by atoms with Gasteiger partial charge < -0.3 is 5.11 Å². The summed E-state index contributed by atoms with van der Waals surface area (Å²) in [5.41, 5.74) is -0.0854. The summed E-state index contributed by atoms with van der Waals surface area (Å²) in [5.74, 6) is 2.59. The summed E-state index contributed by atoms with van der Waals surface area (Å²) in [7, 11) is 0. The molecule has 4 aliphatic carbocycles. The Bertz CT molecular complexity index is 552. The standard InChI is InChI=1S/C23H38O2/c1-15(24)18-14-16-8-5-6-9-17(16)20-19(18)22(3)11-7-10-21(22,2)12-13-23(20,4)25/h16-20,25H,5-14H2,1-4H3/t16-,17-,18+,19+,20-,21-,22-,23+/m0/s1.